The van der Waals surface area contributed by atoms with Crippen molar-refractivity contribution < 1.29 is 14.3 Å². The second-order valence-corrected chi connectivity index (χ2v) is 8.34. The third-order valence-electron chi connectivity index (χ3n) is 4.99. The summed E-state index contributed by atoms with van der Waals surface area (Å²) in [4.78, 5) is 13.3. The van der Waals surface area contributed by atoms with Crippen LogP contribution < -0.4 is 20.6 Å². The van der Waals surface area contributed by atoms with Crippen molar-refractivity contribution in [3.63, 3.8) is 0 Å². The molecule has 0 saturated heterocycles. The molecule has 1 amide bonds. The molecule has 0 aliphatic heterocycles. The molecule has 8 nitrogen and oxygen atoms in total. The van der Waals surface area contributed by atoms with E-state index >= 15 is 0 Å². The predicted molar refractivity (Wildman–Crippen MR) is 133 cm³/mol. The number of carbonyl (C=O) groups is 1. The van der Waals surface area contributed by atoms with Crippen LogP contribution in [0.4, 0.5) is 5.69 Å². The molecule has 1 atom stereocenters. The van der Waals surface area contributed by atoms with Crippen molar-refractivity contribution in [1.82, 2.24) is 14.9 Å². The first kappa shape index (κ1) is 23.2. The molecular formula is C25H25N5O3S. The fourth-order valence-corrected chi connectivity index (χ4v) is 4.29. The monoisotopic (exact) mass is 475 g/mol. The maximum absolute atomic E-state index is 13.3. The van der Waals surface area contributed by atoms with Gasteiger partial charge in [-0.2, -0.15) is 0 Å². The molecule has 1 aromatic heterocycles. The van der Waals surface area contributed by atoms with Gasteiger partial charge in [0.15, 0.2) is 5.82 Å². The Hall–Kier alpha value is -3.98. The minimum Gasteiger partial charge on any atom is -0.497 e. The number of nitrogens with one attached hydrogen (secondary N) is 1. The van der Waals surface area contributed by atoms with Crippen LogP contribution >= 0.6 is 11.8 Å². The summed E-state index contributed by atoms with van der Waals surface area (Å²) < 4.78 is 12.1. The van der Waals surface area contributed by atoms with Crippen LogP contribution in [0.5, 0.6) is 11.5 Å². The first-order chi connectivity index (χ1) is 16.6. The highest BCUT2D eigenvalue weighted by Gasteiger charge is 2.26. The fraction of sp³-hybridized carbons (Fsp3) is 0.160. The maximum Gasteiger partial charge on any atom is 0.242 e. The predicted octanol–water partition coefficient (Wildman–Crippen LogP) is 4.54. The number of thioether (sulfide) groups is 1. The lowest BCUT2D eigenvalue weighted by Gasteiger charge is -2.17. The van der Waals surface area contributed by atoms with Crippen LogP contribution in [0.15, 0.2) is 84.0 Å². The van der Waals surface area contributed by atoms with Crippen molar-refractivity contribution in [3.8, 4) is 22.9 Å². The minimum atomic E-state index is -0.605. The quantitative estimate of drug-likeness (QED) is 0.271. The van der Waals surface area contributed by atoms with E-state index in [1.54, 1.807) is 13.2 Å². The van der Waals surface area contributed by atoms with Gasteiger partial charge in [-0.25, -0.2) is 4.68 Å². The number of methoxy groups -OCH3 is 1. The summed E-state index contributed by atoms with van der Waals surface area (Å²) in [5, 5.41) is 11.3. The lowest BCUT2D eigenvalue weighted by atomic mass is 10.1. The summed E-state index contributed by atoms with van der Waals surface area (Å²) in [5.74, 6) is 8.04. The maximum atomic E-state index is 13.3. The van der Waals surface area contributed by atoms with Gasteiger partial charge in [0.05, 0.1) is 13.7 Å². The van der Waals surface area contributed by atoms with Crippen LogP contribution in [0.1, 0.15) is 17.7 Å². The summed E-state index contributed by atoms with van der Waals surface area (Å²) in [7, 11) is 1.58. The number of nitrogens with zero attached hydrogens (tertiary/aromatic N) is 3. The van der Waals surface area contributed by atoms with E-state index < -0.39 is 5.25 Å². The van der Waals surface area contributed by atoms with Gasteiger partial charge in [-0.1, -0.05) is 48.2 Å². The zero-order valence-corrected chi connectivity index (χ0v) is 19.7. The average molecular weight is 476 g/mol. The summed E-state index contributed by atoms with van der Waals surface area (Å²) in [5.41, 5.74) is 2.25. The summed E-state index contributed by atoms with van der Waals surface area (Å²) in [6.45, 7) is 2.52. The van der Waals surface area contributed by atoms with Gasteiger partial charge >= 0.3 is 0 Å². The molecule has 0 saturated carbocycles. The number of hydrogen-bond acceptors (Lipinski definition) is 7. The number of hydrogen-bond donors (Lipinski definition) is 2. The number of aromatic nitrogens is 3. The van der Waals surface area contributed by atoms with Crippen LogP contribution in [-0.4, -0.2) is 34.5 Å². The van der Waals surface area contributed by atoms with Gasteiger partial charge in [0.1, 0.15) is 16.7 Å². The second-order valence-electron chi connectivity index (χ2n) is 7.26. The van der Waals surface area contributed by atoms with E-state index in [9.17, 15) is 4.79 Å². The molecule has 0 bridgehead atoms. The van der Waals surface area contributed by atoms with Crippen molar-refractivity contribution in [1.29, 1.82) is 0 Å². The van der Waals surface area contributed by atoms with Gasteiger partial charge in [0.25, 0.3) is 0 Å². The molecule has 34 heavy (non-hydrogen) atoms. The van der Waals surface area contributed by atoms with E-state index in [1.165, 1.54) is 16.4 Å². The Morgan fingerprint density at radius 3 is 2.50 bits per heavy atom. The lowest BCUT2D eigenvalue weighted by molar-refractivity contribution is -0.115. The molecule has 0 aliphatic rings. The number of ether oxygens (including phenoxy) is 2. The highest BCUT2D eigenvalue weighted by molar-refractivity contribution is 8.00. The summed E-state index contributed by atoms with van der Waals surface area (Å²) >= 11 is 1.23. The van der Waals surface area contributed by atoms with Gasteiger partial charge in [-0.15, -0.1) is 10.2 Å². The number of benzene rings is 3. The summed E-state index contributed by atoms with van der Waals surface area (Å²) in [6.07, 6.45) is 0. The van der Waals surface area contributed by atoms with Crippen molar-refractivity contribution in [3.05, 3.63) is 84.4 Å². The summed E-state index contributed by atoms with van der Waals surface area (Å²) in [6, 6.07) is 24.1. The molecule has 174 valence electrons. The van der Waals surface area contributed by atoms with Crippen LogP contribution in [0.2, 0.25) is 0 Å². The van der Waals surface area contributed by atoms with E-state index in [-0.39, 0.29) is 5.91 Å². The Morgan fingerprint density at radius 1 is 1.03 bits per heavy atom. The van der Waals surface area contributed by atoms with Crippen LogP contribution in [-0.2, 0) is 4.79 Å². The normalized spacial score (nSPS) is 11.6. The topological polar surface area (TPSA) is 104 Å². The Morgan fingerprint density at radius 2 is 1.79 bits per heavy atom. The number of nitrogen functional groups attached to an aromatic ring is 1. The number of amides is 1. The number of nitrogens with two attached hydrogens (primary N) is 1. The molecule has 1 heterocycles. The standard InChI is InChI=1S/C25H25N5O3S/c1-3-33-20-14-12-18(13-15-20)23-28-29-25(30(23)26)34-22(17-8-5-4-6-9-17)24(31)27-19-10-7-11-21(16-19)32-2/h4-16,22H,3,26H2,1-2H3,(H,27,31)/t22-/m0/s1. The van der Waals surface area contributed by atoms with E-state index in [4.69, 9.17) is 15.3 Å². The van der Waals surface area contributed by atoms with E-state index in [0.717, 1.165) is 16.9 Å². The van der Waals surface area contributed by atoms with E-state index in [1.807, 2.05) is 79.7 Å². The molecule has 0 radical (unpaired) electrons. The number of anilines is 1. The first-order valence-electron chi connectivity index (χ1n) is 10.7. The molecule has 4 aromatic rings. The van der Waals surface area contributed by atoms with E-state index in [2.05, 4.69) is 15.5 Å². The molecule has 9 heteroatoms. The number of rotatable bonds is 9. The highest BCUT2D eigenvalue weighted by atomic mass is 32.2. The van der Waals surface area contributed by atoms with Crippen LogP contribution in [0.3, 0.4) is 0 Å². The van der Waals surface area contributed by atoms with Gasteiger partial charge in [-0.05, 0) is 48.9 Å². The Kier molecular flexibility index (Phi) is 7.34. The zero-order valence-electron chi connectivity index (χ0n) is 18.8. The lowest BCUT2D eigenvalue weighted by Crippen LogP contribution is -2.20. The van der Waals surface area contributed by atoms with Crippen molar-refractivity contribution in [2.24, 2.45) is 0 Å². The van der Waals surface area contributed by atoms with Gasteiger partial charge < -0.3 is 20.6 Å². The van der Waals surface area contributed by atoms with Crippen molar-refractivity contribution >= 4 is 23.4 Å². The molecule has 0 aliphatic carbocycles. The molecule has 3 aromatic carbocycles. The average Bonchev–Trinajstić information content (AvgIpc) is 3.23. The molecule has 0 fully saturated rings. The largest absolute Gasteiger partial charge is 0.497 e. The van der Waals surface area contributed by atoms with E-state index in [0.29, 0.717) is 29.0 Å². The zero-order chi connectivity index (χ0) is 23.9. The molecular weight excluding hydrogens is 450 g/mol. The van der Waals surface area contributed by atoms with Crippen molar-refractivity contribution in [2.75, 3.05) is 24.9 Å². The van der Waals surface area contributed by atoms with Crippen LogP contribution in [0, 0.1) is 0 Å². The smallest absolute Gasteiger partial charge is 0.242 e. The minimum absolute atomic E-state index is 0.213. The van der Waals surface area contributed by atoms with Gasteiger partial charge in [-0.3, -0.25) is 4.79 Å². The van der Waals surface area contributed by atoms with Crippen molar-refractivity contribution in [2.45, 2.75) is 17.3 Å². The highest BCUT2D eigenvalue weighted by Crippen LogP contribution is 2.36. The Balaban J connectivity index is 1.59. The fourth-order valence-electron chi connectivity index (χ4n) is 3.34. The Labute approximate surface area is 202 Å². The SMILES string of the molecule is CCOc1ccc(-c2nnc(S[C@H](C(=O)Nc3cccc(OC)c3)c3ccccc3)n2N)cc1. The molecule has 3 N–H and O–H groups in total. The van der Waals surface area contributed by atoms with Crippen LogP contribution in [0.25, 0.3) is 11.4 Å². The second kappa shape index (κ2) is 10.8. The molecule has 0 spiro atoms. The number of carbonyl (C=O) groups excluding carboxylic acids is 1. The third kappa shape index (κ3) is 5.32. The third-order valence-corrected chi connectivity index (χ3v) is 6.20. The first-order valence-corrected chi connectivity index (χ1v) is 11.6. The molecule has 0 unspecified atom stereocenters. The van der Waals surface area contributed by atoms with Gasteiger partial charge in [0.2, 0.25) is 11.1 Å². The Bertz CT molecular complexity index is 1250. The molecule has 4 rings (SSSR count). The van der Waals surface area contributed by atoms with Gasteiger partial charge in [0, 0.05) is 17.3 Å².